The van der Waals surface area contributed by atoms with Crippen molar-refractivity contribution in [2.75, 3.05) is 0 Å². The van der Waals surface area contributed by atoms with Crippen molar-refractivity contribution in [3.63, 3.8) is 0 Å². The summed E-state index contributed by atoms with van der Waals surface area (Å²) in [4.78, 5) is 25.2. The zero-order chi connectivity index (χ0) is 17.2. The van der Waals surface area contributed by atoms with Gasteiger partial charge in [-0.15, -0.1) is 0 Å². The maximum absolute atomic E-state index is 13.0. The monoisotopic (exact) mass is 323 g/mol. The Morgan fingerprint density at radius 1 is 1.26 bits per heavy atom. The lowest BCUT2D eigenvalue weighted by atomic mass is 10.0. The first-order valence-electron chi connectivity index (χ1n) is 7.66. The fourth-order valence-corrected chi connectivity index (χ4v) is 2.81. The van der Waals surface area contributed by atoms with Gasteiger partial charge in [-0.05, 0) is 57.7 Å². The van der Waals surface area contributed by atoms with E-state index in [2.05, 4.69) is 0 Å². The molecule has 1 aliphatic heterocycles. The fraction of sp³-hybridized carbons (Fsp3) is 0.529. The van der Waals surface area contributed by atoms with E-state index in [1.165, 1.54) is 17.0 Å². The molecule has 1 aliphatic rings. The van der Waals surface area contributed by atoms with E-state index < -0.39 is 23.7 Å². The molecule has 1 amide bonds. The Balaban J connectivity index is 2.18. The van der Waals surface area contributed by atoms with Gasteiger partial charge in [0.05, 0.1) is 0 Å². The smallest absolute Gasteiger partial charge is 0.411 e. The van der Waals surface area contributed by atoms with Crippen molar-refractivity contribution < 1.29 is 23.8 Å². The number of halogens is 1. The molecule has 1 saturated heterocycles. The quantitative estimate of drug-likeness (QED) is 0.927. The highest BCUT2D eigenvalue weighted by molar-refractivity contribution is 5.81. The molecule has 1 aromatic rings. The standard InChI is InChI=1S/C17H22FNO4/c1-17(2,3)23-16(22)19-13(8-9-14(19)15(20)21)10-11-4-6-12(18)7-5-11/h4-7,13-14H,8-10H2,1-3H3,(H,20,21)/t13-,14+/m0/s1. The molecule has 2 rings (SSSR count). The topological polar surface area (TPSA) is 66.8 Å². The molecule has 0 saturated carbocycles. The normalized spacial score (nSPS) is 21.3. The average Bonchev–Trinajstić information content (AvgIpc) is 2.83. The third-order valence-corrected chi connectivity index (χ3v) is 3.78. The highest BCUT2D eigenvalue weighted by atomic mass is 19.1. The van der Waals surface area contributed by atoms with Crippen molar-refractivity contribution in [1.82, 2.24) is 4.90 Å². The second kappa shape index (κ2) is 6.56. The molecule has 6 heteroatoms. The molecule has 1 fully saturated rings. The van der Waals surface area contributed by atoms with Crippen molar-refractivity contribution in [3.8, 4) is 0 Å². The van der Waals surface area contributed by atoms with E-state index >= 15 is 0 Å². The van der Waals surface area contributed by atoms with Crippen LogP contribution in [0.3, 0.4) is 0 Å². The predicted octanol–water partition coefficient (Wildman–Crippen LogP) is 3.22. The van der Waals surface area contributed by atoms with Crippen molar-refractivity contribution >= 4 is 12.1 Å². The minimum absolute atomic E-state index is 0.267. The maximum atomic E-state index is 13.0. The summed E-state index contributed by atoms with van der Waals surface area (Å²) in [6, 6.07) is 4.87. The summed E-state index contributed by atoms with van der Waals surface area (Å²) in [5, 5.41) is 9.35. The van der Waals surface area contributed by atoms with Crippen LogP contribution in [0.25, 0.3) is 0 Å². The Bertz CT molecular complexity index is 579. The number of likely N-dealkylation sites (tertiary alicyclic amines) is 1. The lowest BCUT2D eigenvalue weighted by Crippen LogP contribution is -2.47. The lowest BCUT2D eigenvalue weighted by Gasteiger charge is -2.31. The second-order valence-corrected chi connectivity index (χ2v) is 6.80. The predicted molar refractivity (Wildman–Crippen MR) is 82.6 cm³/mol. The fourth-order valence-electron chi connectivity index (χ4n) is 2.81. The van der Waals surface area contributed by atoms with Crippen LogP contribution in [0.4, 0.5) is 9.18 Å². The maximum Gasteiger partial charge on any atom is 0.411 e. The first-order chi connectivity index (χ1) is 10.7. The van der Waals surface area contributed by atoms with Gasteiger partial charge < -0.3 is 9.84 Å². The molecule has 0 bridgehead atoms. The Morgan fingerprint density at radius 2 is 1.87 bits per heavy atom. The largest absolute Gasteiger partial charge is 0.480 e. The van der Waals surface area contributed by atoms with E-state index in [0.717, 1.165) is 5.56 Å². The molecule has 1 N–H and O–H groups in total. The van der Waals surface area contributed by atoms with Gasteiger partial charge in [-0.1, -0.05) is 12.1 Å². The zero-order valence-electron chi connectivity index (χ0n) is 13.6. The summed E-state index contributed by atoms with van der Waals surface area (Å²) in [5.41, 5.74) is 0.166. The second-order valence-electron chi connectivity index (χ2n) is 6.80. The molecule has 0 unspecified atom stereocenters. The van der Waals surface area contributed by atoms with E-state index in [4.69, 9.17) is 4.74 Å². The Kier molecular flexibility index (Phi) is 4.92. The molecule has 1 aromatic carbocycles. The highest BCUT2D eigenvalue weighted by Gasteiger charge is 2.42. The van der Waals surface area contributed by atoms with Gasteiger partial charge in [-0.2, -0.15) is 0 Å². The number of aliphatic carboxylic acids is 1. The number of benzene rings is 1. The van der Waals surface area contributed by atoms with Gasteiger partial charge in [0.2, 0.25) is 0 Å². The molecule has 0 aromatic heterocycles. The van der Waals surface area contributed by atoms with Crippen LogP contribution >= 0.6 is 0 Å². The number of rotatable bonds is 3. The van der Waals surface area contributed by atoms with Crippen molar-refractivity contribution in [2.45, 2.75) is 57.7 Å². The van der Waals surface area contributed by atoms with Gasteiger partial charge in [-0.3, -0.25) is 4.90 Å². The number of ether oxygens (including phenoxy) is 1. The van der Waals surface area contributed by atoms with Crippen LogP contribution < -0.4 is 0 Å². The number of hydrogen-bond acceptors (Lipinski definition) is 3. The number of nitrogens with zero attached hydrogens (tertiary/aromatic N) is 1. The highest BCUT2D eigenvalue weighted by Crippen LogP contribution is 2.29. The minimum atomic E-state index is -1.03. The van der Waals surface area contributed by atoms with Gasteiger partial charge in [0.15, 0.2) is 0 Å². The van der Waals surface area contributed by atoms with Gasteiger partial charge in [0, 0.05) is 6.04 Å². The Morgan fingerprint density at radius 3 is 2.39 bits per heavy atom. The van der Waals surface area contributed by atoms with E-state index in [1.807, 2.05) is 0 Å². The third kappa shape index (κ3) is 4.43. The molecule has 0 aliphatic carbocycles. The molecular formula is C17H22FNO4. The number of carbonyl (C=O) groups excluding carboxylic acids is 1. The van der Waals surface area contributed by atoms with E-state index in [9.17, 15) is 19.1 Å². The van der Waals surface area contributed by atoms with E-state index in [0.29, 0.717) is 19.3 Å². The number of carboxylic acid groups (broad SMARTS) is 1. The number of amides is 1. The number of carboxylic acids is 1. The van der Waals surface area contributed by atoms with Crippen molar-refractivity contribution in [3.05, 3.63) is 35.6 Å². The molecule has 0 radical (unpaired) electrons. The molecule has 23 heavy (non-hydrogen) atoms. The van der Waals surface area contributed by atoms with E-state index in [-0.39, 0.29) is 11.9 Å². The number of carbonyl (C=O) groups is 2. The van der Waals surface area contributed by atoms with Crippen LogP contribution in [0.5, 0.6) is 0 Å². The SMILES string of the molecule is CC(C)(C)OC(=O)N1[C@H](Cc2ccc(F)cc2)CC[C@@H]1C(=O)O. The summed E-state index contributed by atoms with van der Waals surface area (Å²) in [5.74, 6) is -1.36. The molecule has 5 nitrogen and oxygen atoms in total. The van der Waals surface area contributed by atoms with Gasteiger partial charge in [-0.25, -0.2) is 14.0 Å². The van der Waals surface area contributed by atoms with Crippen LogP contribution in [0.2, 0.25) is 0 Å². The van der Waals surface area contributed by atoms with Crippen LogP contribution in [-0.4, -0.2) is 39.8 Å². The summed E-state index contributed by atoms with van der Waals surface area (Å²) in [6.45, 7) is 5.23. The first-order valence-corrected chi connectivity index (χ1v) is 7.66. The van der Waals surface area contributed by atoms with Gasteiger partial charge >= 0.3 is 12.1 Å². The van der Waals surface area contributed by atoms with Crippen molar-refractivity contribution in [1.29, 1.82) is 0 Å². The zero-order valence-corrected chi connectivity index (χ0v) is 13.6. The summed E-state index contributed by atoms with van der Waals surface area (Å²) in [6.07, 6.45) is 0.826. The van der Waals surface area contributed by atoms with E-state index in [1.54, 1.807) is 32.9 Å². The molecule has 2 atom stereocenters. The average molecular weight is 323 g/mol. The van der Waals surface area contributed by atoms with Crippen molar-refractivity contribution in [2.24, 2.45) is 0 Å². The van der Waals surface area contributed by atoms with Crippen LogP contribution in [0.1, 0.15) is 39.2 Å². The van der Waals surface area contributed by atoms with Crippen LogP contribution in [0, 0.1) is 5.82 Å². The first kappa shape index (κ1) is 17.2. The van der Waals surface area contributed by atoms with Gasteiger partial charge in [0.25, 0.3) is 0 Å². The molecule has 1 heterocycles. The van der Waals surface area contributed by atoms with Gasteiger partial charge in [0.1, 0.15) is 17.5 Å². The minimum Gasteiger partial charge on any atom is -0.480 e. The Hall–Kier alpha value is -2.11. The van der Waals surface area contributed by atoms with Crippen LogP contribution in [-0.2, 0) is 16.0 Å². The van der Waals surface area contributed by atoms with Crippen LogP contribution in [0.15, 0.2) is 24.3 Å². The summed E-state index contributed by atoms with van der Waals surface area (Å²) in [7, 11) is 0. The summed E-state index contributed by atoms with van der Waals surface area (Å²) < 4.78 is 18.3. The molecule has 0 spiro atoms. The Labute approximate surface area is 135 Å². The number of hydrogen-bond donors (Lipinski definition) is 1. The molecule has 126 valence electrons. The summed E-state index contributed by atoms with van der Waals surface area (Å²) >= 11 is 0. The lowest BCUT2D eigenvalue weighted by molar-refractivity contribution is -0.142. The molecular weight excluding hydrogens is 301 g/mol. The third-order valence-electron chi connectivity index (χ3n) is 3.78.